The van der Waals surface area contributed by atoms with Crippen molar-refractivity contribution in [1.82, 2.24) is 20.2 Å². The molecule has 0 bridgehead atoms. The highest BCUT2D eigenvalue weighted by molar-refractivity contribution is 7.19. The number of nitrogens with zero attached hydrogens (tertiary/aromatic N) is 5. The number of carbonyl (C=O) groups is 3. The molecule has 3 aromatic rings. The van der Waals surface area contributed by atoms with Gasteiger partial charge in [-0.05, 0) is 48.3 Å². The molecule has 0 saturated carbocycles. The molecule has 2 fully saturated rings. The SMILES string of the molecule is CC(C)(C)[C@@H]1CCc2c(sc3ncnc(N4CCN(C(=O)C[C@@H]5NC(=O)N(c6ccccc6)C5=O)CC4)c23)C1. The van der Waals surface area contributed by atoms with E-state index in [1.807, 2.05) is 17.4 Å². The molecule has 204 valence electrons. The molecule has 2 atom stereocenters. The minimum Gasteiger partial charge on any atom is -0.352 e. The minimum absolute atomic E-state index is 0.0430. The van der Waals surface area contributed by atoms with E-state index in [0.717, 1.165) is 28.4 Å². The third kappa shape index (κ3) is 4.75. The normalized spacial score (nSPS) is 21.9. The number of benzene rings is 1. The number of aromatic nitrogens is 2. The number of aryl methyl sites for hydroxylation is 1. The van der Waals surface area contributed by atoms with Crippen LogP contribution in [0.15, 0.2) is 36.7 Å². The Kier molecular flexibility index (Phi) is 6.53. The van der Waals surface area contributed by atoms with Crippen LogP contribution >= 0.6 is 11.3 Å². The lowest BCUT2D eigenvalue weighted by atomic mass is 9.72. The zero-order chi connectivity index (χ0) is 27.3. The summed E-state index contributed by atoms with van der Waals surface area (Å²) >= 11 is 1.81. The maximum atomic E-state index is 13.1. The maximum Gasteiger partial charge on any atom is 0.329 e. The van der Waals surface area contributed by atoms with Crippen molar-refractivity contribution in [3.05, 3.63) is 47.1 Å². The molecule has 2 aromatic heterocycles. The summed E-state index contributed by atoms with van der Waals surface area (Å²) in [7, 11) is 0. The van der Waals surface area contributed by atoms with Crippen molar-refractivity contribution in [2.75, 3.05) is 36.0 Å². The van der Waals surface area contributed by atoms with Gasteiger partial charge < -0.3 is 15.1 Å². The minimum atomic E-state index is -0.848. The van der Waals surface area contributed by atoms with Gasteiger partial charge in [-0.1, -0.05) is 39.0 Å². The third-order valence-corrected chi connectivity index (χ3v) is 9.56. The lowest BCUT2D eigenvalue weighted by Gasteiger charge is -2.36. The molecular weight excluding hydrogens is 512 g/mol. The van der Waals surface area contributed by atoms with E-state index in [1.54, 1.807) is 35.5 Å². The standard InChI is InChI=1S/C29H34N6O3S/c1-29(2,3)18-9-10-20-22(15-18)39-26-24(20)25(30-17-31-26)34-13-11-33(12-14-34)23(36)16-21-27(37)35(28(38)32-21)19-7-5-4-6-8-19/h4-8,17-18,21H,9-16H2,1-3H3,(H,32,38)/t18-,21+/m1/s1. The summed E-state index contributed by atoms with van der Waals surface area (Å²) in [6.45, 7) is 9.40. The molecular formula is C29H34N6O3S. The molecule has 39 heavy (non-hydrogen) atoms. The van der Waals surface area contributed by atoms with Crippen molar-refractivity contribution in [1.29, 1.82) is 0 Å². The van der Waals surface area contributed by atoms with Crippen LogP contribution in [0.2, 0.25) is 0 Å². The number of anilines is 2. The van der Waals surface area contributed by atoms with Crippen LogP contribution in [-0.2, 0) is 22.4 Å². The summed E-state index contributed by atoms with van der Waals surface area (Å²) in [5.41, 5.74) is 2.20. The van der Waals surface area contributed by atoms with Crippen LogP contribution in [0.1, 0.15) is 44.1 Å². The molecule has 0 radical (unpaired) electrons. The zero-order valence-electron chi connectivity index (χ0n) is 22.6. The Labute approximate surface area is 232 Å². The summed E-state index contributed by atoms with van der Waals surface area (Å²) in [5.74, 6) is 1.12. The molecule has 2 aliphatic heterocycles. The van der Waals surface area contributed by atoms with Crippen molar-refractivity contribution < 1.29 is 14.4 Å². The van der Waals surface area contributed by atoms with Gasteiger partial charge in [0.15, 0.2) is 0 Å². The first-order valence-electron chi connectivity index (χ1n) is 13.7. The number of para-hydroxylation sites is 1. The summed E-state index contributed by atoms with van der Waals surface area (Å²) in [5, 5.41) is 3.86. The van der Waals surface area contributed by atoms with Gasteiger partial charge in [-0.3, -0.25) is 9.59 Å². The lowest BCUT2D eigenvalue weighted by molar-refractivity contribution is -0.133. The Morgan fingerprint density at radius 2 is 1.82 bits per heavy atom. The van der Waals surface area contributed by atoms with Crippen molar-refractivity contribution in [2.24, 2.45) is 11.3 Å². The molecule has 3 aliphatic rings. The van der Waals surface area contributed by atoms with Gasteiger partial charge in [0, 0.05) is 31.1 Å². The lowest BCUT2D eigenvalue weighted by Crippen LogP contribution is -2.50. The maximum absolute atomic E-state index is 13.1. The smallest absolute Gasteiger partial charge is 0.329 e. The van der Waals surface area contributed by atoms with E-state index in [4.69, 9.17) is 4.98 Å². The van der Waals surface area contributed by atoms with Gasteiger partial charge in [0.1, 0.15) is 23.0 Å². The second-order valence-electron chi connectivity index (χ2n) is 11.8. The molecule has 9 nitrogen and oxygen atoms in total. The zero-order valence-corrected chi connectivity index (χ0v) is 23.5. The van der Waals surface area contributed by atoms with Crippen LogP contribution in [-0.4, -0.2) is 64.9 Å². The van der Waals surface area contributed by atoms with Crippen LogP contribution in [0, 0.1) is 11.3 Å². The number of urea groups is 1. The Morgan fingerprint density at radius 3 is 2.54 bits per heavy atom. The number of nitrogens with one attached hydrogen (secondary N) is 1. The van der Waals surface area contributed by atoms with E-state index >= 15 is 0 Å². The highest BCUT2D eigenvalue weighted by Gasteiger charge is 2.41. The number of fused-ring (bicyclic) bond motifs is 3. The highest BCUT2D eigenvalue weighted by Crippen LogP contribution is 2.44. The topological polar surface area (TPSA) is 98.7 Å². The van der Waals surface area contributed by atoms with Crippen LogP contribution in [0.4, 0.5) is 16.3 Å². The number of rotatable bonds is 4. The number of piperazine rings is 1. The fourth-order valence-electron chi connectivity index (χ4n) is 6.04. The summed E-state index contributed by atoms with van der Waals surface area (Å²) in [4.78, 5) is 55.5. The van der Waals surface area contributed by atoms with Gasteiger partial charge in [-0.15, -0.1) is 11.3 Å². The van der Waals surface area contributed by atoms with Crippen molar-refractivity contribution in [3.8, 4) is 0 Å². The molecule has 6 rings (SSSR count). The molecule has 0 unspecified atom stereocenters. The number of hydrogen-bond acceptors (Lipinski definition) is 7. The van der Waals surface area contributed by atoms with Crippen molar-refractivity contribution in [2.45, 2.75) is 52.5 Å². The van der Waals surface area contributed by atoms with Gasteiger partial charge >= 0.3 is 6.03 Å². The quantitative estimate of drug-likeness (QED) is 0.497. The van der Waals surface area contributed by atoms with Crippen molar-refractivity contribution in [3.63, 3.8) is 0 Å². The van der Waals surface area contributed by atoms with Crippen LogP contribution in [0.5, 0.6) is 0 Å². The van der Waals surface area contributed by atoms with Gasteiger partial charge in [0.05, 0.1) is 17.5 Å². The van der Waals surface area contributed by atoms with Gasteiger partial charge in [-0.25, -0.2) is 19.7 Å². The molecule has 4 amide bonds. The Hall–Kier alpha value is -3.53. The molecule has 1 aromatic carbocycles. The number of carbonyl (C=O) groups excluding carboxylic acids is 3. The van der Waals surface area contributed by atoms with E-state index < -0.39 is 18.0 Å². The van der Waals surface area contributed by atoms with E-state index in [0.29, 0.717) is 37.8 Å². The number of hydrogen-bond donors (Lipinski definition) is 1. The number of amides is 4. The first kappa shape index (κ1) is 25.7. The fourth-order valence-corrected chi connectivity index (χ4v) is 7.30. The number of imide groups is 1. The van der Waals surface area contributed by atoms with Crippen LogP contribution in [0.25, 0.3) is 10.2 Å². The Balaban J connectivity index is 1.12. The predicted molar refractivity (Wildman–Crippen MR) is 152 cm³/mol. The average molecular weight is 547 g/mol. The van der Waals surface area contributed by atoms with Crippen molar-refractivity contribution >= 4 is 50.9 Å². The molecule has 0 spiro atoms. The Morgan fingerprint density at radius 1 is 1.08 bits per heavy atom. The molecule has 10 heteroatoms. The predicted octanol–water partition coefficient (Wildman–Crippen LogP) is 4.01. The highest BCUT2D eigenvalue weighted by atomic mass is 32.1. The van der Waals surface area contributed by atoms with Crippen LogP contribution in [0.3, 0.4) is 0 Å². The molecule has 2 saturated heterocycles. The van der Waals surface area contributed by atoms with E-state index in [2.05, 4.69) is 36.0 Å². The van der Waals surface area contributed by atoms with Gasteiger partial charge in [0.2, 0.25) is 5.91 Å². The average Bonchev–Trinajstić information content (AvgIpc) is 3.44. The number of thiophene rings is 1. The second-order valence-corrected chi connectivity index (χ2v) is 12.9. The van der Waals surface area contributed by atoms with Gasteiger partial charge in [-0.2, -0.15) is 0 Å². The summed E-state index contributed by atoms with van der Waals surface area (Å²) in [6, 6.07) is 7.44. The van der Waals surface area contributed by atoms with E-state index in [9.17, 15) is 14.4 Å². The first-order chi connectivity index (χ1) is 18.7. The van der Waals surface area contributed by atoms with Gasteiger partial charge in [0.25, 0.3) is 5.91 Å². The fraction of sp³-hybridized carbons (Fsp3) is 0.483. The summed E-state index contributed by atoms with van der Waals surface area (Å²) in [6.07, 6.45) is 4.94. The molecule has 4 heterocycles. The third-order valence-electron chi connectivity index (χ3n) is 8.39. The van der Waals surface area contributed by atoms with E-state index in [-0.39, 0.29) is 17.7 Å². The summed E-state index contributed by atoms with van der Waals surface area (Å²) < 4.78 is 0. The first-order valence-corrected chi connectivity index (χ1v) is 14.5. The largest absolute Gasteiger partial charge is 0.352 e. The molecule has 1 N–H and O–H groups in total. The monoisotopic (exact) mass is 546 g/mol. The van der Waals surface area contributed by atoms with E-state index in [1.165, 1.54) is 22.2 Å². The second kappa shape index (κ2) is 9.89. The molecule has 1 aliphatic carbocycles. The van der Waals surface area contributed by atoms with Crippen LogP contribution < -0.4 is 15.1 Å². The Bertz CT molecular complexity index is 1420.